The minimum absolute atomic E-state index is 0.0693. The van der Waals surface area contributed by atoms with Gasteiger partial charge in [0.25, 0.3) is 0 Å². The Kier molecular flexibility index (Phi) is 5.38. The molecule has 0 spiro atoms. The lowest BCUT2D eigenvalue weighted by Crippen LogP contribution is -2.18. The van der Waals surface area contributed by atoms with Crippen molar-refractivity contribution in [2.45, 2.75) is 26.7 Å². The van der Waals surface area contributed by atoms with E-state index in [9.17, 15) is 13.2 Å². The predicted octanol–water partition coefficient (Wildman–Crippen LogP) is 1.58. The van der Waals surface area contributed by atoms with Crippen LogP contribution in [0.1, 0.15) is 24.0 Å². The van der Waals surface area contributed by atoms with Gasteiger partial charge in [0, 0.05) is 6.42 Å². The van der Waals surface area contributed by atoms with Gasteiger partial charge in [-0.25, -0.2) is 8.42 Å². The number of hydrogen-bond acceptors (Lipinski definition) is 5. The number of ether oxygens (including phenoxy) is 1. The topological polar surface area (TPSA) is 98.5 Å². The summed E-state index contributed by atoms with van der Waals surface area (Å²) in [6.07, 6.45) is 0.270. The third kappa shape index (κ3) is 4.73. The van der Waals surface area contributed by atoms with Gasteiger partial charge in [0.1, 0.15) is 0 Å². The molecule has 0 atom stereocenters. The molecule has 1 aromatic carbocycles. The van der Waals surface area contributed by atoms with Crippen molar-refractivity contribution < 1.29 is 17.9 Å². The SMILES string of the molecule is COC(=O)CCCS(=O)(=O)Nc1cc(C)c(C)cc1N. The molecule has 0 saturated carbocycles. The van der Waals surface area contributed by atoms with E-state index >= 15 is 0 Å². The van der Waals surface area contributed by atoms with Crippen molar-refractivity contribution in [2.75, 3.05) is 23.3 Å². The number of methoxy groups -OCH3 is 1. The zero-order valence-electron chi connectivity index (χ0n) is 11.9. The van der Waals surface area contributed by atoms with E-state index in [2.05, 4.69) is 9.46 Å². The number of nitrogens with one attached hydrogen (secondary N) is 1. The summed E-state index contributed by atoms with van der Waals surface area (Å²) in [5.74, 6) is -0.583. The van der Waals surface area contributed by atoms with Crippen LogP contribution in [0.15, 0.2) is 12.1 Å². The highest BCUT2D eigenvalue weighted by atomic mass is 32.2. The zero-order chi connectivity index (χ0) is 15.3. The number of esters is 1. The average Bonchev–Trinajstić information content (AvgIpc) is 2.35. The molecule has 6 nitrogen and oxygen atoms in total. The molecule has 20 heavy (non-hydrogen) atoms. The molecule has 0 amide bonds. The maximum absolute atomic E-state index is 11.9. The number of benzene rings is 1. The summed E-state index contributed by atoms with van der Waals surface area (Å²) in [5, 5.41) is 0. The van der Waals surface area contributed by atoms with E-state index in [-0.39, 0.29) is 18.6 Å². The second-order valence-electron chi connectivity index (χ2n) is 4.62. The molecule has 0 radical (unpaired) electrons. The third-order valence-electron chi connectivity index (χ3n) is 2.95. The Morgan fingerprint density at radius 2 is 1.90 bits per heavy atom. The van der Waals surface area contributed by atoms with E-state index in [0.29, 0.717) is 11.4 Å². The van der Waals surface area contributed by atoms with Crippen LogP contribution in [0.4, 0.5) is 11.4 Å². The standard InChI is InChI=1S/C13H20N2O4S/c1-9-7-11(14)12(8-10(9)2)15-20(17,18)6-4-5-13(16)19-3/h7-8,15H,4-6,14H2,1-3H3. The van der Waals surface area contributed by atoms with Crippen molar-refractivity contribution in [3.05, 3.63) is 23.3 Å². The van der Waals surface area contributed by atoms with Gasteiger partial charge in [0.2, 0.25) is 10.0 Å². The van der Waals surface area contributed by atoms with Gasteiger partial charge in [0.15, 0.2) is 0 Å². The summed E-state index contributed by atoms with van der Waals surface area (Å²) in [7, 11) is -2.26. The van der Waals surface area contributed by atoms with E-state index < -0.39 is 16.0 Å². The van der Waals surface area contributed by atoms with Crippen LogP contribution in [-0.2, 0) is 19.6 Å². The normalized spacial score (nSPS) is 11.2. The maximum Gasteiger partial charge on any atom is 0.305 e. The van der Waals surface area contributed by atoms with Gasteiger partial charge in [-0.3, -0.25) is 9.52 Å². The van der Waals surface area contributed by atoms with Crippen LogP contribution in [0.25, 0.3) is 0 Å². The van der Waals surface area contributed by atoms with Crippen LogP contribution >= 0.6 is 0 Å². The number of aryl methyl sites for hydroxylation is 2. The largest absolute Gasteiger partial charge is 0.469 e. The van der Waals surface area contributed by atoms with E-state index in [0.717, 1.165) is 11.1 Å². The Bertz CT molecular complexity index is 597. The van der Waals surface area contributed by atoms with Gasteiger partial charge in [-0.2, -0.15) is 0 Å². The summed E-state index contributed by atoms with van der Waals surface area (Å²) >= 11 is 0. The quantitative estimate of drug-likeness (QED) is 0.614. The summed E-state index contributed by atoms with van der Waals surface area (Å²) < 4.78 is 30.7. The van der Waals surface area contributed by atoms with Crippen molar-refractivity contribution >= 4 is 27.4 Å². The summed E-state index contributed by atoms with van der Waals surface area (Å²) in [4.78, 5) is 10.9. The number of sulfonamides is 1. The fraction of sp³-hybridized carbons (Fsp3) is 0.462. The number of nitrogens with two attached hydrogens (primary N) is 1. The first-order valence-corrected chi connectivity index (χ1v) is 7.84. The van der Waals surface area contributed by atoms with Crippen LogP contribution in [0.3, 0.4) is 0 Å². The van der Waals surface area contributed by atoms with Crippen molar-refractivity contribution in [1.29, 1.82) is 0 Å². The minimum atomic E-state index is -3.53. The summed E-state index contributed by atoms with van der Waals surface area (Å²) in [6, 6.07) is 3.42. The zero-order valence-corrected chi connectivity index (χ0v) is 12.7. The molecule has 0 fully saturated rings. The van der Waals surface area contributed by atoms with Gasteiger partial charge in [-0.1, -0.05) is 0 Å². The molecule has 1 aromatic rings. The van der Waals surface area contributed by atoms with Crippen LogP contribution in [0, 0.1) is 13.8 Å². The van der Waals surface area contributed by atoms with Gasteiger partial charge in [-0.05, 0) is 43.5 Å². The fourth-order valence-electron chi connectivity index (χ4n) is 1.65. The van der Waals surface area contributed by atoms with E-state index in [1.54, 1.807) is 12.1 Å². The Morgan fingerprint density at radius 1 is 1.30 bits per heavy atom. The molecular formula is C13H20N2O4S. The van der Waals surface area contributed by atoms with Gasteiger partial charge in [0.05, 0.1) is 24.2 Å². The molecule has 0 aromatic heterocycles. The number of anilines is 2. The number of carbonyl (C=O) groups excluding carboxylic acids is 1. The highest BCUT2D eigenvalue weighted by Gasteiger charge is 2.14. The monoisotopic (exact) mass is 300 g/mol. The molecule has 7 heteroatoms. The Labute approximate surface area is 119 Å². The van der Waals surface area contributed by atoms with Crippen molar-refractivity contribution in [3.63, 3.8) is 0 Å². The molecular weight excluding hydrogens is 280 g/mol. The molecule has 112 valence electrons. The van der Waals surface area contributed by atoms with Gasteiger partial charge in [-0.15, -0.1) is 0 Å². The van der Waals surface area contributed by atoms with Crippen molar-refractivity contribution in [1.82, 2.24) is 0 Å². The van der Waals surface area contributed by atoms with Crippen LogP contribution in [0.5, 0.6) is 0 Å². The number of hydrogen-bond donors (Lipinski definition) is 2. The van der Waals surface area contributed by atoms with Gasteiger partial charge >= 0.3 is 5.97 Å². The van der Waals surface area contributed by atoms with Crippen molar-refractivity contribution in [2.24, 2.45) is 0 Å². The van der Waals surface area contributed by atoms with E-state index in [1.807, 2.05) is 13.8 Å². The van der Waals surface area contributed by atoms with E-state index in [4.69, 9.17) is 5.73 Å². The molecule has 0 unspecified atom stereocenters. The molecule has 0 heterocycles. The Balaban J connectivity index is 2.71. The predicted molar refractivity (Wildman–Crippen MR) is 79.0 cm³/mol. The van der Waals surface area contributed by atoms with Crippen LogP contribution in [0.2, 0.25) is 0 Å². The van der Waals surface area contributed by atoms with E-state index in [1.165, 1.54) is 7.11 Å². The second kappa shape index (κ2) is 6.60. The first-order chi connectivity index (χ1) is 9.25. The number of carbonyl (C=O) groups is 1. The average molecular weight is 300 g/mol. The maximum atomic E-state index is 11.9. The van der Waals surface area contributed by atoms with Crippen molar-refractivity contribution in [3.8, 4) is 0 Å². The van der Waals surface area contributed by atoms with Crippen LogP contribution in [-0.4, -0.2) is 27.2 Å². The first-order valence-electron chi connectivity index (χ1n) is 6.19. The lowest BCUT2D eigenvalue weighted by atomic mass is 10.1. The van der Waals surface area contributed by atoms with Gasteiger partial charge < -0.3 is 10.5 Å². The fourth-order valence-corrected chi connectivity index (χ4v) is 2.79. The second-order valence-corrected chi connectivity index (χ2v) is 6.47. The number of rotatable bonds is 6. The Morgan fingerprint density at radius 3 is 2.50 bits per heavy atom. The lowest BCUT2D eigenvalue weighted by molar-refractivity contribution is -0.140. The highest BCUT2D eigenvalue weighted by Crippen LogP contribution is 2.24. The number of nitrogen functional groups attached to an aromatic ring is 1. The molecule has 1 rings (SSSR count). The highest BCUT2D eigenvalue weighted by molar-refractivity contribution is 7.92. The molecule has 0 aliphatic heterocycles. The molecule has 0 saturated heterocycles. The smallest absolute Gasteiger partial charge is 0.305 e. The molecule has 0 bridgehead atoms. The first kappa shape index (κ1) is 16.3. The molecule has 3 N–H and O–H groups in total. The minimum Gasteiger partial charge on any atom is -0.469 e. The molecule has 0 aliphatic rings. The van der Waals surface area contributed by atoms with Crippen LogP contribution < -0.4 is 10.5 Å². The lowest BCUT2D eigenvalue weighted by Gasteiger charge is -2.12. The Hall–Kier alpha value is -1.76. The summed E-state index contributed by atoms with van der Waals surface area (Å²) in [5.41, 5.74) is 8.49. The summed E-state index contributed by atoms with van der Waals surface area (Å²) in [6.45, 7) is 3.78. The third-order valence-corrected chi connectivity index (χ3v) is 4.31. The molecule has 0 aliphatic carbocycles.